The molecule has 2 aromatic carbocycles. The Bertz CT molecular complexity index is 1210. The number of hydrogen-bond acceptors (Lipinski definition) is 7. The van der Waals surface area contributed by atoms with Crippen molar-refractivity contribution in [2.75, 3.05) is 18.5 Å². The molecule has 4 aromatic rings. The molecule has 2 aromatic heterocycles. The van der Waals surface area contributed by atoms with E-state index in [2.05, 4.69) is 15.3 Å². The van der Waals surface area contributed by atoms with Gasteiger partial charge < -0.3 is 19.5 Å². The minimum absolute atomic E-state index is 0.172. The van der Waals surface area contributed by atoms with Gasteiger partial charge >= 0.3 is 6.01 Å². The highest BCUT2D eigenvalue weighted by atomic mass is 32.1. The van der Waals surface area contributed by atoms with Crippen LogP contribution in [0.15, 0.2) is 73.1 Å². The van der Waals surface area contributed by atoms with Crippen LogP contribution in [0.5, 0.6) is 23.3 Å². The number of thiophene rings is 1. The van der Waals surface area contributed by atoms with E-state index in [0.717, 1.165) is 21.9 Å². The minimum Gasteiger partial charge on any atom is -0.486 e. The van der Waals surface area contributed by atoms with E-state index >= 15 is 0 Å². The van der Waals surface area contributed by atoms with E-state index in [1.807, 2.05) is 30.3 Å². The smallest absolute Gasteiger partial charge is 0.321 e. The highest BCUT2D eigenvalue weighted by Gasteiger charge is 2.15. The number of benzene rings is 2. The Morgan fingerprint density at radius 3 is 2.52 bits per heavy atom. The number of aromatic nitrogens is 2. The molecule has 0 fully saturated rings. The van der Waals surface area contributed by atoms with Crippen molar-refractivity contribution in [2.24, 2.45) is 0 Å². The van der Waals surface area contributed by atoms with Gasteiger partial charge in [0, 0.05) is 23.0 Å². The first-order valence-corrected chi connectivity index (χ1v) is 10.4. The van der Waals surface area contributed by atoms with Crippen molar-refractivity contribution in [3.8, 4) is 33.7 Å². The summed E-state index contributed by atoms with van der Waals surface area (Å²) in [6.45, 7) is 1.10. The van der Waals surface area contributed by atoms with Crippen LogP contribution in [0.1, 0.15) is 9.67 Å². The summed E-state index contributed by atoms with van der Waals surface area (Å²) in [6.07, 6.45) is 3.22. The van der Waals surface area contributed by atoms with Gasteiger partial charge in [-0.05, 0) is 66.2 Å². The van der Waals surface area contributed by atoms with Crippen molar-refractivity contribution in [1.82, 2.24) is 9.97 Å². The standard InChI is InChI=1S/C23H17N3O4S/c27-22(26-16-3-5-17(6-4-16)30-23-24-10-1-11-25-23)21-9-8-20(31-21)15-2-7-18-19(14-15)29-13-12-28-18/h1-11,14H,12-13H2,(H,26,27). The largest absolute Gasteiger partial charge is 0.486 e. The first-order chi connectivity index (χ1) is 15.2. The van der Waals surface area contributed by atoms with E-state index in [1.54, 1.807) is 42.7 Å². The van der Waals surface area contributed by atoms with E-state index in [4.69, 9.17) is 14.2 Å². The number of fused-ring (bicyclic) bond motifs is 1. The van der Waals surface area contributed by atoms with Gasteiger partial charge in [0.25, 0.3) is 5.91 Å². The van der Waals surface area contributed by atoms with Crippen LogP contribution in [0, 0.1) is 0 Å². The van der Waals surface area contributed by atoms with Gasteiger partial charge in [-0.15, -0.1) is 11.3 Å². The number of hydrogen-bond donors (Lipinski definition) is 1. The van der Waals surface area contributed by atoms with Gasteiger partial charge in [-0.25, -0.2) is 9.97 Å². The topological polar surface area (TPSA) is 82.6 Å². The summed E-state index contributed by atoms with van der Waals surface area (Å²) in [5.41, 5.74) is 1.65. The maximum absolute atomic E-state index is 12.7. The summed E-state index contributed by atoms with van der Waals surface area (Å²) in [7, 11) is 0. The lowest BCUT2D eigenvalue weighted by Crippen LogP contribution is -2.15. The second-order valence-electron chi connectivity index (χ2n) is 6.63. The monoisotopic (exact) mass is 431 g/mol. The summed E-state index contributed by atoms with van der Waals surface area (Å²) in [4.78, 5) is 22.3. The SMILES string of the molecule is O=C(Nc1ccc(Oc2ncccn2)cc1)c1ccc(-c2ccc3c(c2)OCCO3)s1. The minimum atomic E-state index is -0.172. The van der Waals surface area contributed by atoms with Crippen molar-refractivity contribution >= 4 is 22.9 Å². The van der Waals surface area contributed by atoms with Crippen LogP contribution in [0.2, 0.25) is 0 Å². The van der Waals surface area contributed by atoms with E-state index < -0.39 is 0 Å². The lowest BCUT2D eigenvalue weighted by atomic mass is 10.1. The first-order valence-electron chi connectivity index (χ1n) is 9.61. The Morgan fingerprint density at radius 1 is 0.935 bits per heavy atom. The molecule has 31 heavy (non-hydrogen) atoms. The number of rotatable bonds is 5. The Balaban J connectivity index is 1.25. The number of carbonyl (C=O) groups is 1. The van der Waals surface area contributed by atoms with Gasteiger partial charge in [-0.3, -0.25) is 4.79 Å². The lowest BCUT2D eigenvalue weighted by molar-refractivity contribution is 0.103. The number of nitrogens with zero attached hydrogens (tertiary/aromatic N) is 2. The molecule has 0 bridgehead atoms. The van der Waals surface area contributed by atoms with Gasteiger partial charge in [0.05, 0.1) is 4.88 Å². The highest BCUT2D eigenvalue weighted by Crippen LogP contribution is 2.37. The van der Waals surface area contributed by atoms with Crippen LogP contribution in [-0.2, 0) is 0 Å². The zero-order chi connectivity index (χ0) is 21.0. The molecule has 1 aliphatic rings. The molecular weight excluding hydrogens is 414 g/mol. The second kappa shape index (κ2) is 8.45. The normalized spacial score (nSPS) is 12.3. The quantitative estimate of drug-likeness (QED) is 0.478. The van der Waals surface area contributed by atoms with Gasteiger partial charge in [-0.1, -0.05) is 0 Å². The van der Waals surface area contributed by atoms with Gasteiger partial charge in [-0.2, -0.15) is 0 Å². The van der Waals surface area contributed by atoms with Crippen LogP contribution in [0.3, 0.4) is 0 Å². The maximum Gasteiger partial charge on any atom is 0.321 e. The Kier molecular flexibility index (Phi) is 5.20. The molecule has 0 aliphatic carbocycles. The molecule has 1 aliphatic heterocycles. The fourth-order valence-electron chi connectivity index (χ4n) is 3.05. The molecule has 5 rings (SSSR count). The van der Waals surface area contributed by atoms with E-state index in [1.165, 1.54) is 11.3 Å². The van der Waals surface area contributed by atoms with Crippen molar-refractivity contribution in [2.45, 2.75) is 0 Å². The van der Waals surface area contributed by atoms with Crippen molar-refractivity contribution in [3.05, 3.63) is 77.9 Å². The molecule has 0 saturated heterocycles. The molecular formula is C23H17N3O4S. The third kappa shape index (κ3) is 4.34. The third-order valence-corrected chi connectivity index (χ3v) is 5.65. The van der Waals surface area contributed by atoms with E-state index in [-0.39, 0.29) is 11.9 Å². The number of ether oxygens (including phenoxy) is 3. The van der Waals surface area contributed by atoms with E-state index in [9.17, 15) is 4.79 Å². The van der Waals surface area contributed by atoms with Crippen LogP contribution in [0.4, 0.5) is 5.69 Å². The van der Waals surface area contributed by atoms with Gasteiger partial charge in [0.15, 0.2) is 11.5 Å². The Morgan fingerprint density at radius 2 is 1.71 bits per heavy atom. The highest BCUT2D eigenvalue weighted by molar-refractivity contribution is 7.17. The molecule has 0 atom stereocenters. The molecule has 0 unspecified atom stereocenters. The predicted octanol–water partition coefficient (Wildman–Crippen LogP) is 5.02. The van der Waals surface area contributed by atoms with Crippen LogP contribution < -0.4 is 19.5 Å². The number of carbonyl (C=O) groups excluding carboxylic acids is 1. The van der Waals surface area contributed by atoms with Crippen LogP contribution >= 0.6 is 11.3 Å². The average molecular weight is 431 g/mol. The summed E-state index contributed by atoms with van der Waals surface area (Å²) >= 11 is 1.42. The fraction of sp³-hybridized carbons (Fsp3) is 0.0870. The third-order valence-electron chi connectivity index (χ3n) is 4.52. The maximum atomic E-state index is 12.7. The zero-order valence-corrected chi connectivity index (χ0v) is 17.1. The molecule has 154 valence electrons. The average Bonchev–Trinajstić information content (AvgIpc) is 3.31. The number of anilines is 1. The van der Waals surface area contributed by atoms with Crippen molar-refractivity contribution in [1.29, 1.82) is 0 Å². The molecule has 0 spiro atoms. The molecule has 7 nitrogen and oxygen atoms in total. The van der Waals surface area contributed by atoms with Gasteiger partial charge in [0.2, 0.25) is 0 Å². The fourth-order valence-corrected chi connectivity index (χ4v) is 3.95. The molecule has 0 saturated carbocycles. The first kappa shape index (κ1) is 19.1. The second-order valence-corrected chi connectivity index (χ2v) is 7.72. The molecule has 0 radical (unpaired) electrons. The van der Waals surface area contributed by atoms with Crippen molar-refractivity contribution in [3.63, 3.8) is 0 Å². The summed E-state index contributed by atoms with van der Waals surface area (Å²) in [5, 5.41) is 2.90. The number of amides is 1. The molecule has 1 amide bonds. The summed E-state index contributed by atoms with van der Waals surface area (Å²) in [6, 6.07) is 18.6. The molecule has 8 heteroatoms. The zero-order valence-electron chi connectivity index (χ0n) is 16.3. The van der Waals surface area contributed by atoms with E-state index in [0.29, 0.717) is 29.5 Å². The summed E-state index contributed by atoms with van der Waals surface area (Å²) in [5.74, 6) is 1.89. The predicted molar refractivity (Wildman–Crippen MR) is 117 cm³/mol. The Labute approximate surface area is 182 Å². The molecule has 1 N–H and O–H groups in total. The lowest BCUT2D eigenvalue weighted by Gasteiger charge is -2.18. The van der Waals surface area contributed by atoms with Crippen molar-refractivity contribution < 1.29 is 19.0 Å². The number of nitrogens with one attached hydrogen (secondary N) is 1. The van der Waals surface area contributed by atoms with Gasteiger partial charge in [0.1, 0.15) is 19.0 Å². The summed E-state index contributed by atoms with van der Waals surface area (Å²) < 4.78 is 16.8. The Hall–Kier alpha value is -3.91. The molecule has 3 heterocycles. The van der Waals surface area contributed by atoms with Crippen LogP contribution in [0.25, 0.3) is 10.4 Å². The van der Waals surface area contributed by atoms with Crippen LogP contribution in [-0.4, -0.2) is 29.1 Å².